The van der Waals surface area contributed by atoms with Crippen molar-refractivity contribution < 1.29 is 4.79 Å². The van der Waals surface area contributed by atoms with E-state index in [0.717, 1.165) is 13.0 Å². The number of piperazine rings is 1. The topological polar surface area (TPSA) is 85.1 Å². The third-order valence-corrected chi connectivity index (χ3v) is 4.99. The van der Waals surface area contributed by atoms with Crippen LogP contribution in [0.15, 0.2) is 47.4 Å². The van der Waals surface area contributed by atoms with Gasteiger partial charge in [-0.15, -0.1) is 0 Å². The largest absolute Gasteiger partial charge is 0.336 e. The molecule has 3 aromatic rings. The summed E-state index contributed by atoms with van der Waals surface area (Å²) in [6, 6.07) is 12.3. The quantitative estimate of drug-likeness (QED) is 0.744. The molecule has 2 aromatic heterocycles. The fraction of sp³-hybridized carbons (Fsp3) is 0.316. The minimum atomic E-state index is -0.320. The molecule has 2 N–H and O–H groups in total. The molecule has 1 aromatic carbocycles. The number of H-pyrrole nitrogens is 2. The molecule has 7 nitrogen and oxygen atoms in total. The Labute approximate surface area is 150 Å². The van der Waals surface area contributed by atoms with Crippen molar-refractivity contribution in [2.75, 3.05) is 26.7 Å². The zero-order valence-corrected chi connectivity index (χ0v) is 14.6. The summed E-state index contributed by atoms with van der Waals surface area (Å²) in [7, 11) is 2.10. The Morgan fingerprint density at radius 1 is 1.23 bits per heavy atom. The summed E-state index contributed by atoms with van der Waals surface area (Å²) in [4.78, 5) is 37.9. The fourth-order valence-corrected chi connectivity index (χ4v) is 3.46. The molecule has 26 heavy (non-hydrogen) atoms. The summed E-state index contributed by atoms with van der Waals surface area (Å²) >= 11 is 0. The SMILES string of the molecule is CN1CCN(C(=O)c2cnc3[nH]c(=O)[nH]c3c2)CC1Cc1ccccc1. The van der Waals surface area contributed by atoms with E-state index in [-0.39, 0.29) is 17.6 Å². The van der Waals surface area contributed by atoms with Gasteiger partial charge in [-0.25, -0.2) is 9.78 Å². The molecule has 1 fully saturated rings. The van der Waals surface area contributed by atoms with Gasteiger partial charge in [-0.1, -0.05) is 30.3 Å². The van der Waals surface area contributed by atoms with Crippen LogP contribution in [-0.4, -0.2) is 63.4 Å². The van der Waals surface area contributed by atoms with Crippen LogP contribution < -0.4 is 5.69 Å². The van der Waals surface area contributed by atoms with Gasteiger partial charge in [0, 0.05) is 31.9 Å². The molecule has 0 radical (unpaired) electrons. The number of amides is 1. The van der Waals surface area contributed by atoms with Gasteiger partial charge in [0.2, 0.25) is 0 Å². The summed E-state index contributed by atoms with van der Waals surface area (Å²) in [6.45, 7) is 2.19. The maximum Gasteiger partial charge on any atom is 0.325 e. The van der Waals surface area contributed by atoms with Crippen LogP contribution in [0.25, 0.3) is 11.2 Å². The highest BCUT2D eigenvalue weighted by Gasteiger charge is 2.28. The molecule has 3 heterocycles. The van der Waals surface area contributed by atoms with Gasteiger partial charge in [0.15, 0.2) is 5.65 Å². The van der Waals surface area contributed by atoms with Crippen molar-refractivity contribution in [3.05, 3.63) is 64.2 Å². The molecular weight excluding hydrogens is 330 g/mol. The van der Waals surface area contributed by atoms with Gasteiger partial charge in [-0.2, -0.15) is 0 Å². The van der Waals surface area contributed by atoms with Gasteiger partial charge in [0.05, 0.1) is 11.1 Å². The second-order valence-electron chi connectivity index (χ2n) is 6.77. The molecule has 1 aliphatic rings. The van der Waals surface area contributed by atoms with E-state index >= 15 is 0 Å². The molecule has 134 valence electrons. The number of carbonyl (C=O) groups excluding carboxylic acids is 1. The number of pyridine rings is 1. The van der Waals surface area contributed by atoms with Crippen molar-refractivity contribution in [3.63, 3.8) is 0 Å². The van der Waals surface area contributed by atoms with Gasteiger partial charge in [0.25, 0.3) is 5.91 Å². The molecule has 1 atom stereocenters. The van der Waals surface area contributed by atoms with Crippen LogP contribution in [0.2, 0.25) is 0 Å². The van der Waals surface area contributed by atoms with Gasteiger partial charge in [-0.05, 0) is 25.1 Å². The van der Waals surface area contributed by atoms with E-state index in [1.807, 2.05) is 23.1 Å². The number of rotatable bonds is 3. The Bertz CT molecular complexity index is 978. The van der Waals surface area contributed by atoms with E-state index in [2.05, 4.69) is 39.0 Å². The van der Waals surface area contributed by atoms with Crippen LogP contribution in [0.5, 0.6) is 0 Å². The highest BCUT2D eigenvalue weighted by Crippen LogP contribution is 2.17. The monoisotopic (exact) mass is 351 g/mol. The zero-order chi connectivity index (χ0) is 18.1. The summed E-state index contributed by atoms with van der Waals surface area (Å²) in [5.74, 6) is -0.0485. The summed E-state index contributed by atoms with van der Waals surface area (Å²) < 4.78 is 0. The molecule has 0 saturated carbocycles. The van der Waals surface area contributed by atoms with Crippen LogP contribution in [-0.2, 0) is 6.42 Å². The first-order valence-electron chi connectivity index (χ1n) is 8.71. The summed E-state index contributed by atoms with van der Waals surface area (Å²) in [5, 5.41) is 0. The Balaban J connectivity index is 1.52. The molecule has 0 spiro atoms. The number of aromatic nitrogens is 3. The number of aromatic amines is 2. The van der Waals surface area contributed by atoms with Gasteiger partial charge < -0.3 is 9.88 Å². The molecule has 4 rings (SSSR count). The predicted molar refractivity (Wildman–Crippen MR) is 99.2 cm³/mol. The number of imidazole rings is 1. The molecule has 0 aliphatic carbocycles. The number of hydrogen-bond acceptors (Lipinski definition) is 4. The van der Waals surface area contributed by atoms with Crippen molar-refractivity contribution in [2.45, 2.75) is 12.5 Å². The number of nitrogens with zero attached hydrogens (tertiary/aromatic N) is 3. The summed E-state index contributed by atoms with van der Waals surface area (Å²) in [5.41, 5.74) is 2.46. The molecule has 1 unspecified atom stereocenters. The van der Waals surface area contributed by atoms with Gasteiger partial charge in [-0.3, -0.25) is 14.7 Å². The van der Waals surface area contributed by atoms with Crippen molar-refractivity contribution in [1.82, 2.24) is 24.8 Å². The standard InChI is InChI=1S/C19H21N5O2/c1-23-7-8-24(12-15(23)9-13-5-3-2-4-6-13)18(25)14-10-16-17(20-11-14)22-19(26)21-16/h2-6,10-11,15H,7-9,12H2,1H3,(H2,20,21,22,26). The minimum Gasteiger partial charge on any atom is -0.336 e. The number of nitrogens with one attached hydrogen (secondary N) is 2. The van der Waals surface area contributed by atoms with Gasteiger partial charge >= 0.3 is 5.69 Å². The first-order chi connectivity index (χ1) is 12.6. The van der Waals surface area contributed by atoms with E-state index in [1.54, 1.807) is 6.07 Å². The van der Waals surface area contributed by atoms with Crippen LogP contribution >= 0.6 is 0 Å². The predicted octanol–water partition coefficient (Wildman–Crippen LogP) is 1.25. The lowest BCUT2D eigenvalue weighted by atomic mass is 10.0. The van der Waals surface area contributed by atoms with Crippen molar-refractivity contribution in [2.24, 2.45) is 0 Å². The lowest BCUT2D eigenvalue weighted by Crippen LogP contribution is -2.54. The Morgan fingerprint density at radius 3 is 2.85 bits per heavy atom. The zero-order valence-electron chi connectivity index (χ0n) is 14.6. The van der Waals surface area contributed by atoms with E-state index in [9.17, 15) is 9.59 Å². The normalized spacial score (nSPS) is 18.3. The molecule has 7 heteroatoms. The van der Waals surface area contributed by atoms with E-state index < -0.39 is 0 Å². The van der Waals surface area contributed by atoms with Crippen LogP contribution in [0.4, 0.5) is 0 Å². The van der Waals surface area contributed by atoms with Gasteiger partial charge in [0.1, 0.15) is 0 Å². The average molecular weight is 351 g/mol. The Morgan fingerprint density at radius 2 is 2.04 bits per heavy atom. The second-order valence-corrected chi connectivity index (χ2v) is 6.77. The first-order valence-corrected chi connectivity index (χ1v) is 8.71. The molecule has 0 bridgehead atoms. The van der Waals surface area contributed by atoms with E-state index in [1.165, 1.54) is 11.8 Å². The van der Waals surface area contributed by atoms with Crippen molar-refractivity contribution >= 4 is 17.1 Å². The average Bonchev–Trinajstić information content (AvgIpc) is 3.03. The number of hydrogen-bond donors (Lipinski definition) is 2. The van der Waals surface area contributed by atoms with E-state index in [4.69, 9.17) is 0 Å². The third-order valence-electron chi connectivity index (χ3n) is 4.99. The third kappa shape index (κ3) is 3.25. The lowest BCUT2D eigenvalue weighted by molar-refractivity contribution is 0.0547. The van der Waals surface area contributed by atoms with E-state index in [0.29, 0.717) is 29.8 Å². The smallest absolute Gasteiger partial charge is 0.325 e. The molecule has 1 aliphatic heterocycles. The lowest BCUT2D eigenvalue weighted by Gasteiger charge is -2.39. The highest BCUT2D eigenvalue weighted by molar-refractivity contribution is 5.96. The second kappa shape index (κ2) is 6.76. The number of likely N-dealkylation sites (N-methyl/N-ethyl adjacent to an activating group) is 1. The molecule has 1 saturated heterocycles. The number of carbonyl (C=O) groups is 1. The number of benzene rings is 1. The maximum absolute atomic E-state index is 12.9. The van der Waals surface area contributed by atoms with Crippen LogP contribution in [0, 0.1) is 0 Å². The highest BCUT2D eigenvalue weighted by atomic mass is 16.2. The van der Waals surface area contributed by atoms with Crippen LogP contribution in [0.1, 0.15) is 15.9 Å². The minimum absolute atomic E-state index is 0.0485. The Hall–Kier alpha value is -2.93. The fourth-order valence-electron chi connectivity index (χ4n) is 3.46. The van der Waals surface area contributed by atoms with Crippen LogP contribution in [0.3, 0.4) is 0 Å². The molecule has 1 amide bonds. The van der Waals surface area contributed by atoms with Crippen molar-refractivity contribution in [1.29, 1.82) is 0 Å². The van der Waals surface area contributed by atoms with Crippen molar-refractivity contribution in [3.8, 4) is 0 Å². The first kappa shape index (κ1) is 16.5. The molecular formula is C19H21N5O2. The number of fused-ring (bicyclic) bond motifs is 1. The summed E-state index contributed by atoms with van der Waals surface area (Å²) in [6.07, 6.45) is 2.43. The Kier molecular flexibility index (Phi) is 4.30. The maximum atomic E-state index is 12.9.